The Morgan fingerprint density at radius 3 is 2.18 bits per heavy atom. The Morgan fingerprint density at radius 2 is 1.51 bits per heavy atom. The van der Waals surface area contributed by atoms with Crippen LogP contribution in [0.2, 0.25) is 0 Å². The standard InChI is InChI=1S/C34H31BrN2O2/c1-20-15-23(4)32-29(16-20)30(34(38)36-27-17-21(2)31(35)22(3)18-27)24(5)33(37-32)26-11-13-28(14-12-26)39-19-25-9-7-6-8-10-25/h6-18H,19H2,1-5H3,(H,36,38). The van der Waals surface area contributed by atoms with Gasteiger partial charge in [-0.3, -0.25) is 4.79 Å². The maximum absolute atomic E-state index is 13.9. The van der Waals surface area contributed by atoms with Crippen LogP contribution in [-0.2, 0) is 6.61 Å². The van der Waals surface area contributed by atoms with E-state index in [2.05, 4.69) is 33.4 Å². The van der Waals surface area contributed by atoms with Gasteiger partial charge in [0, 0.05) is 21.1 Å². The average molecular weight is 580 g/mol. The summed E-state index contributed by atoms with van der Waals surface area (Å²) in [6.45, 7) is 10.6. The molecule has 0 aliphatic carbocycles. The van der Waals surface area contributed by atoms with Crippen molar-refractivity contribution in [3.63, 3.8) is 0 Å². The second-order valence-electron chi connectivity index (χ2n) is 10.1. The van der Waals surface area contributed by atoms with Crippen LogP contribution in [0.5, 0.6) is 5.75 Å². The number of rotatable bonds is 6. The van der Waals surface area contributed by atoms with Crippen LogP contribution in [0, 0.1) is 34.6 Å². The molecule has 0 fully saturated rings. The Hall–Kier alpha value is -3.96. The van der Waals surface area contributed by atoms with E-state index in [1.165, 1.54) is 0 Å². The van der Waals surface area contributed by atoms with Crippen LogP contribution in [0.15, 0.2) is 83.3 Å². The number of fused-ring (bicyclic) bond motifs is 1. The van der Waals surface area contributed by atoms with Gasteiger partial charge in [-0.2, -0.15) is 0 Å². The van der Waals surface area contributed by atoms with E-state index in [1.54, 1.807) is 0 Å². The minimum Gasteiger partial charge on any atom is -0.489 e. The van der Waals surface area contributed by atoms with Crippen LogP contribution in [-0.4, -0.2) is 10.9 Å². The molecule has 0 bridgehead atoms. The fourth-order valence-electron chi connectivity index (χ4n) is 5.05. The molecule has 0 saturated carbocycles. The van der Waals surface area contributed by atoms with Crippen molar-refractivity contribution in [2.24, 2.45) is 0 Å². The largest absolute Gasteiger partial charge is 0.489 e. The van der Waals surface area contributed by atoms with Gasteiger partial charge in [-0.15, -0.1) is 0 Å². The Bertz CT molecular complexity index is 1670. The summed E-state index contributed by atoms with van der Waals surface area (Å²) in [5.41, 5.74) is 10.2. The third-order valence-electron chi connectivity index (χ3n) is 6.97. The molecule has 1 N–H and O–H groups in total. The number of hydrogen-bond acceptors (Lipinski definition) is 3. The van der Waals surface area contributed by atoms with Gasteiger partial charge in [0.2, 0.25) is 0 Å². The molecule has 1 aromatic heterocycles. The van der Waals surface area contributed by atoms with Gasteiger partial charge >= 0.3 is 0 Å². The minimum absolute atomic E-state index is 0.143. The van der Waals surface area contributed by atoms with Crippen molar-refractivity contribution >= 4 is 38.4 Å². The zero-order valence-corrected chi connectivity index (χ0v) is 24.4. The molecule has 4 nitrogen and oxygen atoms in total. The van der Waals surface area contributed by atoms with Crippen LogP contribution in [0.1, 0.15) is 43.7 Å². The molecule has 1 amide bonds. The maximum Gasteiger partial charge on any atom is 0.256 e. The lowest BCUT2D eigenvalue weighted by atomic mass is 9.94. The quantitative estimate of drug-likeness (QED) is 0.218. The number of hydrogen-bond donors (Lipinski definition) is 1. The summed E-state index contributed by atoms with van der Waals surface area (Å²) < 4.78 is 7.04. The van der Waals surface area contributed by atoms with Crippen LogP contribution >= 0.6 is 15.9 Å². The number of nitrogens with one attached hydrogen (secondary N) is 1. The van der Waals surface area contributed by atoms with Gasteiger partial charge in [0.05, 0.1) is 16.8 Å². The Balaban J connectivity index is 1.54. The van der Waals surface area contributed by atoms with Crippen molar-refractivity contribution < 1.29 is 9.53 Å². The first-order valence-electron chi connectivity index (χ1n) is 13.0. The molecular weight excluding hydrogens is 548 g/mol. The predicted molar refractivity (Wildman–Crippen MR) is 164 cm³/mol. The summed E-state index contributed by atoms with van der Waals surface area (Å²) in [7, 11) is 0. The van der Waals surface area contributed by atoms with E-state index in [-0.39, 0.29) is 5.91 Å². The van der Waals surface area contributed by atoms with Crippen LogP contribution in [0.25, 0.3) is 22.2 Å². The highest BCUT2D eigenvalue weighted by Gasteiger charge is 2.21. The smallest absolute Gasteiger partial charge is 0.256 e. The molecule has 5 heteroatoms. The summed E-state index contributed by atoms with van der Waals surface area (Å²) in [6.07, 6.45) is 0. The normalized spacial score (nSPS) is 11.0. The topological polar surface area (TPSA) is 51.2 Å². The van der Waals surface area contributed by atoms with Gasteiger partial charge in [-0.25, -0.2) is 4.98 Å². The van der Waals surface area contributed by atoms with Crippen molar-refractivity contribution in [1.82, 2.24) is 4.98 Å². The third-order valence-corrected chi connectivity index (χ3v) is 8.22. The van der Waals surface area contributed by atoms with Crippen molar-refractivity contribution in [3.8, 4) is 17.0 Å². The zero-order chi connectivity index (χ0) is 27.7. The highest BCUT2D eigenvalue weighted by Crippen LogP contribution is 2.34. The molecule has 1 heterocycles. The first kappa shape index (κ1) is 26.6. The third kappa shape index (κ3) is 5.59. The Kier molecular flexibility index (Phi) is 7.53. The second kappa shape index (κ2) is 11.0. The Morgan fingerprint density at radius 1 is 0.846 bits per heavy atom. The lowest BCUT2D eigenvalue weighted by molar-refractivity contribution is 0.102. The molecule has 0 aliphatic rings. The predicted octanol–water partition coefficient (Wildman–Crippen LogP) is 9.04. The van der Waals surface area contributed by atoms with E-state index >= 15 is 0 Å². The van der Waals surface area contributed by atoms with Gasteiger partial charge in [-0.05, 0) is 105 Å². The molecule has 4 aromatic carbocycles. The number of anilines is 1. The van der Waals surface area contributed by atoms with Crippen LogP contribution in [0.3, 0.4) is 0 Å². The lowest BCUT2D eigenvalue weighted by Crippen LogP contribution is -2.16. The highest BCUT2D eigenvalue weighted by atomic mass is 79.9. The first-order chi connectivity index (χ1) is 18.7. The first-order valence-corrected chi connectivity index (χ1v) is 13.8. The van der Waals surface area contributed by atoms with E-state index in [9.17, 15) is 4.79 Å². The molecule has 0 aliphatic heterocycles. The van der Waals surface area contributed by atoms with E-state index < -0.39 is 0 Å². The van der Waals surface area contributed by atoms with Crippen molar-refractivity contribution in [2.75, 3.05) is 5.32 Å². The van der Waals surface area contributed by atoms with E-state index in [1.807, 2.05) is 101 Å². The zero-order valence-electron chi connectivity index (χ0n) is 22.9. The fourth-order valence-corrected chi connectivity index (χ4v) is 5.28. The van der Waals surface area contributed by atoms with E-state index in [0.717, 1.165) is 71.5 Å². The van der Waals surface area contributed by atoms with Crippen molar-refractivity contribution in [2.45, 2.75) is 41.2 Å². The molecule has 39 heavy (non-hydrogen) atoms. The van der Waals surface area contributed by atoms with Crippen molar-refractivity contribution in [1.29, 1.82) is 0 Å². The number of pyridine rings is 1. The van der Waals surface area contributed by atoms with Crippen LogP contribution in [0.4, 0.5) is 5.69 Å². The van der Waals surface area contributed by atoms with Gasteiger partial charge < -0.3 is 10.1 Å². The van der Waals surface area contributed by atoms with Gasteiger partial charge in [0.25, 0.3) is 5.91 Å². The summed E-state index contributed by atoms with van der Waals surface area (Å²) in [6, 6.07) is 26.2. The van der Waals surface area contributed by atoms with Gasteiger partial charge in [-0.1, -0.05) is 57.9 Å². The summed E-state index contributed by atoms with van der Waals surface area (Å²) >= 11 is 3.62. The fraction of sp³-hybridized carbons (Fsp3) is 0.176. The molecule has 5 rings (SSSR count). The lowest BCUT2D eigenvalue weighted by Gasteiger charge is -2.17. The molecule has 0 spiro atoms. The number of halogens is 1. The maximum atomic E-state index is 13.9. The number of aromatic nitrogens is 1. The molecule has 5 aromatic rings. The van der Waals surface area contributed by atoms with Gasteiger partial charge in [0.1, 0.15) is 12.4 Å². The number of carbonyl (C=O) groups excluding carboxylic acids is 1. The molecule has 0 radical (unpaired) electrons. The van der Waals surface area contributed by atoms with Crippen LogP contribution < -0.4 is 10.1 Å². The summed E-state index contributed by atoms with van der Waals surface area (Å²) in [5, 5.41) is 4.01. The summed E-state index contributed by atoms with van der Waals surface area (Å²) in [5.74, 6) is 0.641. The molecular formula is C34H31BrN2O2. The number of benzene rings is 4. The van der Waals surface area contributed by atoms with Gasteiger partial charge in [0.15, 0.2) is 0 Å². The number of ether oxygens (including phenoxy) is 1. The number of nitrogens with zero attached hydrogens (tertiary/aromatic N) is 1. The SMILES string of the molecule is Cc1cc(C)c2nc(-c3ccc(OCc4ccccc4)cc3)c(C)c(C(=O)Nc3cc(C)c(Br)c(C)c3)c2c1. The average Bonchev–Trinajstić information content (AvgIpc) is 2.91. The number of amides is 1. The summed E-state index contributed by atoms with van der Waals surface area (Å²) in [4.78, 5) is 18.9. The molecule has 0 saturated heterocycles. The molecule has 196 valence electrons. The monoisotopic (exact) mass is 578 g/mol. The number of aryl methyl sites for hydroxylation is 4. The Labute approximate surface area is 238 Å². The van der Waals surface area contributed by atoms with Crippen molar-refractivity contribution in [3.05, 3.63) is 122 Å². The molecule has 0 atom stereocenters. The second-order valence-corrected chi connectivity index (χ2v) is 10.9. The number of carbonyl (C=O) groups is 1. The van der Waals surface area contributed by atoms with E-state index in [0.29, 0.717) is 12.2 Å². The highest BCUT2D eigenvalue weighted by molar-refractivity contribution is 9.10. The minimum atomic E-state index is -0.143. The molecule has 0 unspecified atom stereocenters. The van der Waals surface area contributed by atoms with E-state index in [4.69, 9.17) is 9.72 Å².